The van der Waals surface area contributed by atoms with Crippen LogP contribution in [0.5, 0.6) is 5.75 Å². The van der Waals surface area contributed by atoms with Crippen LogP contribution in [0.3, 0.4) is 0 Å². The fourth-order valence-corrected chi connectivity index (χ4v) is 4.06. The number of nitrogens with one attached hydrogen (secondary N) is 1. The molecule has 0 bridgehead atoms. The number of likely N-dealkylation sites (N-methyl/N-ethyl adjacent to an activating group) is 1. The third-order valence-corrected chi connectivity index (χ3v) is 5.67. The number of nitrogens with zero attached hydrogens (tertiary/aromatic N) is 3. The van der Waals surface area contributed by atoms with Gasteiger partial charge in [-0.3, -0.25) is 14.9 Å². The molecule has 0 aliphatic heterocycles. The molecule has 4 rings (SSSR count). The highest BCUT2D eigenvalue weighted by atomic mass is 16.6. The fourth-order valence-electron chi connectivity index (χ4n) is 4.06. The van der Waals surface area contributed by atoms with E-state index in [-0.39, 0.29) is 11.1 Å². The summed E-state index contributed by atoms with van der Waals surface area (Å²) in [4.78, 5) is 27.0. The Labute approximate surface area is 191 Å². The highest BCUT2D eigenvalue weighted by molar-refractivity contribution is 6.02. The number of nitro benzene ring substituents is 1. The summed E-state index contributed by atoms with van der Waals surface area (Å²) in [5.41, 5.74) is 2.42. The zero-order chi connectivity index (χ0) is 23.5. The number of methoxy groups -OCH3 is 1. The van der Waals surface area contributed by atoms with E-state index in [2.05, 4.69) is 5.32 Å². The van der Waals surface area contributed by atoms with Gasteiger partial charge in [0, 0.05) is 31.4 Å². The van der Waals surface area contributed by atoms with Gasteiger partial charge in [0.15, 0.2) is 5.43 Å². The largest absolute Gasteiger partial charge is 0.497 e. The van der Waals surface area contributed by atoms with Crippen LogP contribution in [0.1, 0.15) is 5.56 Å². The van der Waals surface area contributed by atoms with Crippen molar-refractivity contribution in [1.29, 1.82) is 0 Å². The Balaban J connectivity index is 1.91. The Morgan fingerprint density at radius 1 is 1.09 bits per heavy atom. The molecule has 33 heavy (non-hydrogen) atoms. The van der Waals surface area contributed by atoms with Gasteiger partial charge in [-0.05, 0) is 50.0 Å². The molecule has 4 aromatic rings. The average molecular weight is 447 g/mol. The molecule has 0 saturated carbocycles. The molecule has 170 valence electrons. The Bertz CT molecular complexity index is 1390. The number of pyridine rings is 1. The van der Waals surface area contributed by atoms with Gasteiger partial charge in [-0.25, -0.2) is 0 Å². The standard InChI is InChI=1S/C25H26N4O4/c1-27(2)13-14-28-21-11-6-10-20(26-16-17-7-4-8-18(15-17)33-3)23(21)25(30)19-9-5-12-22(24(19)28)29(31)32/h4-12,15,26H,13-14,16H2,1-3H3. The predicted octanol–water partition coefficient (Wildman–Crippen LogP) is 4.25. The molecule has 0 spiro atoms. The zero-order valence-corrected chi connectivity index (χ0v) is 18.9. The maximum Gasteiger partial charge on any atom is 0.293 e. The van der Waals surface area contributed by atoms with E-state index in [0.29, 0.717) is 47.1 Å². The van der Waals surface area contributed by atoms with E-state index in [4.69, 9.17) is 4.74 Å². The monoisotopic (exact) mass is 446 g/mol. The summed E-state index contributed by atoms with van der Waals surface area (Å²) >= 11 is 0. The van der Waals surface area contributed by atoms with Crippen molar-refractivity contribution in [3.8, 4) is 5.75 Å². The van der Waals surface area contributed by atoms with E-state index in [1.165, 1.54) is 6.07 Å². The topological polar surface area (TPSA) is 89.6 Å². The van der Waals surface area contributed by atoms with Crippen LogP contribution in [0.25, 0.3) is 21.8 Å². The first-order valence-electron chi connectivity index (χ1n) is 10.6. The molecule has 0 amide bonds. The van der Waals surface area contributed by atoms with E-state index in [0.717, 1.165) is 11.3 Å². The Kier molecular flexibility index (Phi) is 6.28. The Morgan fingerprint density at radius 3 is 2.58 bits per heavy atom. The Hall–Kier alpha value is -3.91. The normalized spacial score (nSPS) is 11.3. The van der Waals surface area contributed by atoms with Crippen LogP contribution in [-0.2, 0) is 13.1 Å². The second-order valence-corrected chi connectivity index (χ2v) is 8.12. The molecule has 1 aromatic heterocycles. The first kappa shape index (κ1) is 22.3. The van der Waals surface area contributed by atoms with Gasteiger partial charge in [0.1, 0.15) is 11.3 Å². The van der Waals surface area contributed by atoms with Crippen molar-refractivity contribution < 1.29 is 9.66 Å². The predicted molar refractivity (Wildman–Crippen MR) is 131 cm³/mol. The van der Waals surface area contributed by atoms with E-state index < -0.39 is 4.92 Å². The third-order valence-electron chi connectivity index (χ3n) is 5.67. The lowest BCUT2D eigenvalue weighted by Crippen LogP contribution is -2.21. The number of rotatable bonds is 8. The van der Waals surface area contributed by atoms with Gasteiger partial charge in [0.05, 0.1) is 28.3 Å². The lowest BCUT2D eigenvalue weighted by atomic mass is 10.1. The number of para-hydroxylation sites is 1. The van der Waals surface area contributed by atoms with E-state index in [9.17, 15) is 14.9 Å². The molecule has 0 unspecified atom stereocenters. The molecule has 0 fully saturated rings. The minimum atomic E-state index is -0.426. The smallest absolute Gasteiger partial charge is 0.293 e. The number of anilines is 1. The van der Waals surface area contributed by atoms with Crippen molar-refractivity contribution in [2.75, 3.05) is 33.1 Å². The summed E-state index contributed by atoms with van der Waals surface area (Å²) in [6.07, 6.45) is 0. The van der Waals surface area contributed by atoms with Crippen molar-refractivity contribution in [2.45, 2.75) is 13.1 Å². The zero-order valence-electron chi connectivity index (χ0n) is 18.9. The van der Waals surface area contributed by atoms with Crippen LogP contribution >= 0.6 is 0 Å². The van der Waals surface area contributed by atoms with E-state index >= 15 is 0 Å². The molecule has 8 nitrogen and oxygen atoms in total. The van der Waals surface area contributed by atoms with Gasteiger partial charge < -0.3 is 19.5 Å². The van der Waals surface area contributed by atoms with Gasteiger partial charge in [-0.15, -0.1) is 0 Å². The number of non-ortho nitro benzene ring substituents is 1. The molecule has 0 atom stereocenters. The van der Waals surface area contributed by atoms with Crippen LogP contribution < -0.4 is 15.5 Å². The summed E-state index contributed by atoms with van der Waals surface area (Å²) < 4.78 is 7.19. The van der Waals surface area contributed by atoms with E-state index in [1.54, 1.807) is 19.2 Å². The number of hydrogen-bond donors (Lipinski definition) is 1. The first-order valence-corrected chi connectivity index (χ1v) is 10.6. The van der Waals surface area contributed by atoms with Gasteiger partial charge >= 0.3 is 0 Å². The maximum absolute atomic E-state index is 13.6. The van der Waals surface area contributed by atoms with Crippen LogP contribution in [0.15, 0.2) is 65.5 Å². The average Bonchev–Trinajstić information content (AvgIpc) is 2.82. The molecule has 0 aliphatic rings. The van der Waals surface area contributed by atoms with Crippen molar-refractivity contribution in [3.63, 3.8) is 0 Å². The lowest BCUT2D eigenvalue weighted by Gasteiger charge is -2.19. The van der Waals surface area contributed by atoms with Crippen LogP contribution in [0.4, 0.5) is 11.4 Å². The number of aromatic nitrogens is 1. The summed E-state index contributed by atoms with van der Waals surface area (Å²) in [5, 5.41) is 16.0. The number of fused-ring (bicyclic) bond motifs is 2. The SMILES string of the molecule is COc1cccc(CNc2cccc3c2c(=O)c2cccc([N+](=O)[O-])c2n3CCN(C)C)c1. The fraction of sp³-hybridized carbons (Fsp3) is 0.240. The molecular weight excluding hydrogens is 420 g/mol. The summed E-state index contributed by atoms with van der Waals surface area (Å²) in [6.45, 7) is 1.67. The summed E-state index contributed by atoms with van der Waals surface area (Å²) in [6, 6.07) is 18.0. The quantitative estimate of drug-likeness (QED) is 0.247. The molecule has 1 N–H and O–H groups in total. The van der Waals surface area contributed by atoms with E-state index in [1.807, 2.05) is 66.0 Å². The molecule has 3 aromatic carbocycles. The van der Waals surface area contributed by atoms with Crippen molar-refractivity contribution in [1.82, 2.24) is 9.47 Å². The number of hydrogen-bond acceptors (Lipinski definition) is 6. The Morgan fingerprint density at radius 2 is 1.85 bits per heavy atom. The number of nitro groups is 1. The molecular formula is C25H26N4O4. The highest BCUT2D eigenvalue weighted by Gasteiger charge is 2.21. The minimum absolute atomic E-state index is 0.0694. The summed E-state index contributed by atoms with van der Waals surface area (Å²) in [5.74, 6) is 0.761. The second kappa shape index (κ2) is 9.30. The van der Waals surface area contributed by atoms with Gasteiger partial charge in [0.25, 0.3) is 5.69 Å². The second-order valence-electron chi connectivity index (χ2n) is 8.12. The molecule has 0 radical (unpaired) electrons. The van der Waals surface area contributed by atoms with Gasteiger partial charge in [-0.2, -0.15) is 0 Å². The molecule has 1 heterocycles. The van der Waals surface area contributed by atoms with Crippen molar-refractivity contribution in [3.05, 3.63) is 86.6 Å². The summed E-state index contributed by atoms with van der Waals surface area (Å²) in [7, 11) is 5.52. The minimum Gasteiger partial charge on any atom is -0.497 e. The van der Waals surface area contributed by atoms with Crippen molar-refractivity contribution in [2.24, 2.45) is 0 Å². The maximum atomic E-state index is 13.6. The van der Waals surface area contributed by atoms with Crippen LogP contribution in [0, 0.1) is 10.1 Å². The highest BCUT2D eigenvalue weighted by Crippen LogP contribution is 2.30. The van der Waals surface area contributed by atoms with Crippen LogP contribution in [-0.4, -0.2) is 42.1 Å². The third kappa shape index (κ3) is 4.38. The molecule has 0 saturated heterocycles. The lowest BCUT2D eigenvalue weighted by molar-refractivity contribution is -0.383. The van der Waals surface area contributed by atoms with Crippen molar-refractivity contribution >= 4 is 33.2 Å². The van der Waals surface area contributed by atoms with Gasteiger partial charge in [0.2, 0.25) is 0 Å². The number of ether oxygens (including phenoxy) is 1. The molecule has 0 aliphatic carbocycles. The number of benzene rings is 3. The first-order chi connectivity index (χ1) is 15.9. The van der Waals surface area contributed by atoms with Crippen LogP contribution in [0.2, 0.25) is 0 Å². The molecule has 8 heteroatoms. The van der Waals surface area contributed by atoms with Gasteiger partial charge in [-0.1, -0.05) is 24.3 Å².